The number of nitrogens with one attached hydrogen (secondary N) is 1. The summed E-state index contributed by atoms with van der Waals surface area (Å²) in [5.41, 5.74) is 0.116. The molecule has 9 heavy (non-hydrogen) atoms. The van der Waals surface area contributed by atoms with Crippen LogP contribution in [0.3, 0.4) is 0 Å². The monoisotopic (exact) mass is 130 g/mol. The van der Waals surface area contributed by atoms with Gasteiger partial charge in [-0.25, -0.2) is 4.39 Å². The highest BCUT2D eigenvalue weighted by Crippen LogP contribution is 1.89. The summed E-state index contributed by atoms with van der Waals surface area (Å²) in [4.78, 5) is 10.6. The third-order valence-corrected chi connectivity index (χ3v) is 1.08. The van der Waals surface area contributed by atoms with Gasteiger partial charge in [0.2, 0.25) is 0 Å². The van der Waals surface area contributed by atoms with E-state index in [1.54, 1.807) is 7.05 Å². The molecule has 0 aliphatic carbocycles. The summed E-state index contributed by atoms with van der Waals surface area (Å²) in [5, 5.41) is 2.52. The third kappa shape index (κ3) is 1.01. The summed E-state index contributed by atoms with van der Waals surface area (Å²) in [5.74, 6) is 0. The molecule has 50 valence electrons. The smallest absolute Gasteiger partial charge is 0.266 e. The van der Waals surface area contributed by atoms with Gasteiger partial charge in [0.15, 0.2) is 0 Å². The first kappa shape index (κ1) is 6.07. The first-order valence-electron chi connectivity index (χ1n) is 2.55. The Kier molecular flexibility index (Phi) is 1.38. The van der Waals surface area contributed by atoms with Gasteiger partial charge in [0, 0.05) is 13.1 Å². The van der Waals surface area contributed by atoms with Gasteiger partial charge in [-0.3, -0.25) is 14.6 Å². The minimum absolute atomic E-state index is 0.206. The topological polar surface area (TPSA) is 37.8 Å². The molecule has 0 bridgehead atoms. The van der Waals surface area contributed by atoms with E-state index in [4.69, 9.17) is 0 Å². The van der Waals surface area contributed by atoms with Gasteiger partial charge in [-0.2, -0.15) is 0 Å². The molecular formula is C5H7FN2O. The Morgan fingerprint density at radius 1 is 1.89 bits per heavy atom. The lowest BCUT2D eigenvalue weighted by Crippen LogP contribution is -2.09. The van der Waals surface area contributed by atoms with E-state index in [0.29, 0.717) is 5.69 Å². The Balaban J connectivity index is 3.13. The Hall–Kier alpha value is -1.06. The summed E-state index contributed by atoms with van der Waals surface area (Å²) >= 11 is 0. The van der Waals surface area contributed by atoms with Crippen molar-refractivity contribution < 1.29 is 4.39 Å². The number of aromatic amines is 1. The maximum Gasteiger partial charge on any atom is 0.266 e. The van der Waals surface area contributed by atoms with E-state index in [1.165, 1.54) is 10.7 Å². The zero-order valence-electron chi connectivity index (χ0n) is 5.02. The lowest BCUT2D eigenvalue weighted by atomic mass is 10.5. The van der Waals surface area contributed by atoms with Crippen molar-refractivity contribution in [1.82, 2.24) is 9.78 Å². The molecule has 1 heterocycles. The number of rotatable bonds is 1. The van der Waals surface area contributed by atoms with E-state index in [0.717, 1.165) is 0 Å². The number of hydrogen-bond donors (Lipinski definition) is 1. The molecule has 4 heteroatoms. The van der Waals surface area contributed by atoms with Crippen LogP contribution in [0.4, 0.5) is 4.39 Å². The normalized spacial score (nSPS) is 10.0. The average Bonchev–Trinajstić information content (AvgIpc) is 2.13. The van der Waals surface area contributed by atoms with Crippen molar-refractivity contribution in [1.29, 1.82) is 0 Å². The maximum absolute atomic E-state index is 11.7. The van der Waals surface area contributed by atoms with Crippen molar-refractivity contribution in [2.24, 2.45) is 7.05 Å². The van der Waals surface area contributed by atoms with Gasteiger partial charge in [0.1, 0.15) is 6.67 Å². The number of aromatic nitrogens is 2. The largest absolute Gasteiger partial charge is 0.297 e. The number of H-pyrrole nitrogens is 1. The first-order chi connectivity index (χ1) is 4.24. The number of nitrogens with zero attached hydrogens (tertiary/aromatic N) is 1. The van der Waals surface area contributed by atoms with E-state index in [-0.39, 0.29) is 5.56 Å². The standard InChI is InChI=1S/C5H7FN2O/c1-8-5(9)2-4(3-6)7-8/h2,7H,3H2,1H3. The highest BCUT2D eigenvalue weighted by atomic mass is 19.1. The summed E-state index contributed by atoms with van der Waals surface area (Å²) in [7, 11) is 1.54. The van der Waals surface area contributed by atoms with Crippen molar-refractivity contribution in [2.45, 2.75) is 6.67 Å². The fraction of sp³-hybridized carbons (Fsp3) is 0.400. The van der Waals surface area contributed by atoms with Gasteiger partial charge >= 0.3 is 0 Å². The summed E-state index contributed by atoms with van der Waals surface area (Å²) in [6.07, 6.45) is 0. The quantitative estimate of drug-likeness (QED) is 0.578. The van der Waals surface area contributed by atoms with E-state index in [1.807, 2.05) is 0 Å². The molecule has 1 aromatic heterocycles. The minimum atomic E-state index is -0.615. The highest BCUT2D eigenvalue weighted by molar-refractivity contribution is 4.96. The van der Waals surface area contributed by atoms with Crippen LogP contribution in [0.15, 0.2) is 10.9 Å². The van der Waals surface area contributed by atoms with Crippen LogP contribution < -0.4 is 5.56 Å². The summed E-state index contributed by atoms with van der Waals surface area (Å²) < 4.78 is 13.0. The zero-order chi connectivity index (χ0) is 6.85. The van der Waals surface area contributed by atoms with E-state index < -0.39 is 6.67 Å². The van der Waals surface area contributed by atoms with Crippen LogP contribution in [0.1, 0.15) is 5.69 Å². The van der Waals surface area contributed by atoms with Crippen LogP contribution in [0.25, 0.3) is 0 Å². The molecule has 3 nitrogen and oxygen atoms in total. The van der Waals surface area contributed by atoms with Gasteiger partial charge < -0.3 is 0 Å². The lowest BCUT2D eigenvalue weighted by Gasteiger charge is -1.85. The fourth-order valence-electron chi connectivity index (χ4n) is 0.617. The highest BCUT2D eigenvalue weighted by Gasteiger charge is 1.95. The molecule has 0 radical (unpaired) electrons. The molecule has 1 N–H and O–H groups in total. The minimum Gasteiger partial charge on any atom is -0.297 e. The Morgan fingerprint density at radius 2 is 2.56 bits per heavy atom. The van der Waals surface area contributed by atoms with Crippen LogP contribution in [0.2, 0.25) is 0 Å². The predicted octanol–water partition coefficient (Wildman–Crippen LogP) is 0.183. The SMILES string of the molecule is Cn1[nH]c(CF)cc1=O. The predicted molar refractivity (Wildman–Crippen MR) is 30.8 cm³/mol. The molecule has 0 unspecified atom stereocenters. The average molecular weight is 130 g/mol. The Bertz CT molecular complexity index is 250. The second-order valence-electron chi connectivity index (χ2n) is 1.81. The van der Waals surface area contributed by atoms with Crippen LogP contribution in [-0.2, 0) is 13.7 Å². The van der Waals surface area contributed by atoms with Crippen LogP contribution in [-0.4, -0.2) is 9.78 Å². The molecule has 0 saturated heterocycles. The second-order valence-corrected chi connectivity index (χ2v) is 1.81. The van der Waals surface area contributed by atoms with E-state index in [9.17, 15) is 9.18 Å². The van der Waals surface area contributed by atoms with Crippen molar-refractivity contribution in [3.8, 4) is 0 Å². The molecule has 0 atom stereocenters. The third-order valence-electron chi connectivity index (χ3n) is 1.08. The molecule has 0 amide bonds. The molecule has 0 spiro atoms. The van der Waals surface area contributed by atoms with Gasteiger partial charge in [-0.15, -0.1) is 0 Å². The van der Waals surface area contributed by atoms with E-state index in [2.05, 4.69) is 5.10 Å². The molecule has 1 aromatic rings. The lowest BCUT2D eigenvalue weighted by molar-refractivity contribution is 0.471. The maximum atomic E-state index is 11.7. The zero-order valence-corrected chi connectivity index (χ0v) is 5.02. The van der Waals surface area contributed by atoms with Gasteiger partial charge in [0.25, 0.3) is 5.56 Å². The molecule has 0 aliphatic heterocycles. The Labute approximate surface area is 51.1 Å². The second kappa shape index (κ2) is 2.05. The number of alkyl halides is 1. The van der Waals surface area contributed by atoms with Crippen molar-refractivity contribution >= 4 is 0 Å². The van der Waals surface area contributed by atoms with Crippen LogP contribution in [0.5, 0.6) is 0 Å². The summed E-state index contributed by atoms with van der Waals surface area (Å²) in [6.45, 7) is -0.615. The number of hydrogen-bond acceptors (Lipinski definition) is 1. The number of aryl methyl sites for hydroxylation is 1. The first-order valence-corrected chi connectivity index (χ1v) is 2.55. The van der Waals surface area contributed by atoms with Gasteiger partial charge in [0.05, 0.1) is 5.69 Å². The van der Waals surface area contributed by atoms with Crippen molar-refractivity contribution in [3.63, 3.8) is 0 Å². The number of halogens is 1. The Morgan fingerprint density at radius 3 is 2.78 bits per heavy atom. The molecule has 0 fully saturated rings. The molecule has 0 aliphatic rings. The van der Waals surface area contributed by atoms with Crippen molar-refractivity contribution in [2.75, 3.05) is 0 Å². The van der Waals surface area contributed by atoms with Crippen LogP contribution >= 0.6 is 0 Å². The van der Waals surface area contributed by atoms with E-state index >= 15 is 0 Å². The fourth-order valence-corrected chi connectivity index (χ4v) is 0.617. The summed E-state index contributed by atoms with van der Waals surface area (Å²) in [6, 6.07) is 1.24. The molecule has 0 saturated carbocycles. The van der Waals surface area contributed by atoms with Gasteiger partial charge in [-0.05, 0) is 0 Å². The molecular weight excluding hydrogens is 123 g/mol. The molecule has 0 aromatic carbocycles. The van der Waals surface area contributed by atoms with Crippen LogP contribution in [0, 0.1) is 0 Å². The molecule has 1 rings (SSSR count). The van der Waals surface area contributed by atoms with Crippen molar-refractivity contribution in [3.05, 3.63) is 22.1 Å². The van der Waals surface area contributed by atoms with Gasteiger partial charge in [-0.1, -0.05) is 0 Å².